The highest BCUT2D eigenvalue weighted by Crippen LogP contribution is 2.46. The lowest BCUT2D eigenvalue weighted by Gasteiger charge is -2.32. The zero-order valence-corrected chi connectivity index (χ0v) is 20.3. The van der Waals surface area contributed by atoms with Crippen LogP contribution in [0.1, 0.15) is 61.3 Å². The molecule has 164 valence electrons. The van der Waals surface area contributed by atoms with Crippen LogP contribution >= 0.6 is 27.5 Å². The predicted molar refractivity (Wildman–Crippen MR) is 125 cm³/mol. The second-order valence-corrected chi connectivity index (χ2v) is 10.1. The number of nitrogens with one attached hydrogen (secondary N) is 1. The van der Waals surface area contributed by atoms with Gasteiger partial charge in [0.05, 0.1) is 23.2 Å². The number of hydrogen-bond acceptors (Lipinski definition) is 4. The van der Waals surface area contributed by atoms with Crippen LogP contribution in [0.15, 0.2) is 34.8 Å². The molecule has 2 N–H and O–H groups in total. The number of H-pyrrole nitrogens is 1. The van der Waals surface area contributed by atoms with Gasteiger partial charge < -0.3 is 19.6 Å². The molecule has 1 aliphatic rings. The summed E-state index contributed by atoms with van der Waals surface area (Å²) >= 11 is 9.72. The van der Waals surface area contributed by atoms with Crippen molar-refractivity contribution in [3.05, 3.63) is 62.2 Å². The Morgan fingerprint density at radius 1 is 1.19 bits per heavy atom. The molecule has 0 aliphatic heterocycles. The minimum Gasteiger partial charge on any atom is -0.492 e. The SMILES string of the molecule is CC(C)(O)OCCCOc1cc2c(cc1Br)C(=O)c1c([nH]c3cc(Cl)ccc13)C2(C)C. The number of fused-ring (bicyclic) bond motifs is 4. The van der Waals surface area contributed by atoms with E-state index >= 15 is 0 Å². The molecule has 1 heterocycles. The first-order valence-electron chi connectivity index (χ1n) is 10.2. The summed E-state index contributed by atoms with van der Waals surface area (Å²) in [4.78, 5) is 16.9. The maximum Gasteiger partial charge on any atom is 0.195 e. The molecule has 0 unspecified atom stereocenters. The van der Waals surface area contributed by atoms with E-state index in [1.165, 1.54) is 0 Å². The molecule has 0 atom stereocenters. The van der Waals surface area contributed by atoms with Gasteiger partial charge in [-0.3, -0.25) is 4.79 Å². The Hall–Kier alpha value is -1.86. The minimum absolute atomic E-state index is 0.0104. The maximum atomic E-state index is 13.5. The Bertz CT molecular complexity index is 1180. The van der Waals surface area contributed by atoms with Gasteiger partial charge in [-0.15, -0.1) is 0 Å². The second-order valence-electron chi connectivity index (χ2n) is 8.84. The highest BCUT2D eigenvalue weighted by atomic mass is 79.9. The van der Waals surface area contributed by atoms with Crippen molar-refractivity contribution in [1.29, 1.82) is 0 Å². The van der Waals surface area contributed by atoms with Gasteiger partial charge in [-0.2, -0.15) is 0 Å². The van der Waals surface area contributed by atoms with Gasteiger partial charge in [0.15, 0.2) is 11.6 Å². The zero-order valence-electron chi connectivity index (χ0n) is 17.9. The van der Waals surface area contributed by atoms with Crippen molar-refractivity contribution in [2.75, 3.05) is 13.2 Å². The highest BCUT2D eigenvalue weighted by molar-refractivity contribution is 9.10. The summed E-state index contributed by atoms with van der Waals surface area (Å²) in [5.74, 6) is -0.493. The number of benzene rings is 2. The number of ether oxygens (including phenoxy) is 2. The van der Waals surface area contributed by atoms with E-state index in [-0.39, 0.29) is 5.78 Å². The standard InChI is InChI=1S/C24H25BrClNO4/c1-23(2)16-12-19(30-8-5-9-31-24(3,4)29)17(25)11-15(16)21(28)20-14-7-6-13(26)10-18(14)27-22(20)23/h6-7,10-12,27,29H,5,8-9H2,1-4H3. The Labute approximate surface area is 194 Å². The van der Waals surface area contributed by atoms with E-state index in [2.05, 4.69) is 34.8 Å². The summed E-state index contributed by atoms with van der Waals surface area (Å²) in [6.07, 6.45) is 0.628. The third-order valence-electron chi connectivity index (χ3n) is 5.60. The molecule has 0 spiro atoms. The molecule has 0 radical (unpaired) electrons. The first kappa shape index (κ1) is 22.3. The van der Waals surface area contributed by atoms with Gasteiger partial charge in [0, 0.05) is 39.0 Å². The molecule has 0 saturated heterocycles. The minimum atomic E-state index is -1.15. The molecular formula is C24H25BrClNO4. The first-order valence-corrected chi connectivity index (χ1v) is 11.4. The number of carbonyl (C=O) groups excluding carboxylic acids is 1. The summed E-state index contributed by atoms with van der Waals surface area (Å²) in [5.41, 5.74) is 3.59. The number of hydrogen-bond donors (Lipinski definition) is 2. The number of rotatable bonds is 6. The third kappa shape index (κ3) is 4.14. The Morgan fingerprint density at radius 2 is 1.94 bits per heavy atom. The van der Waals surface area contributed by atoms with Gasteiger partial charge in [0.1, 0.15) is 5.75 Å². The molecule has 0 fully saturated rings. The van der Waals surface area contributed by atoms with Gasteiger partial charge in [0.25, 0.3) is 0 Å². The molecule has 2 aromatic carbocycles. The van der Waals surface area contributed by atoms with E-state index in [0.29, 0.717) is 41.5 Å². The normalized spacial score (nSPS) is 15.1. The topological polar surface area (TPSA) is 71.5 Å². The van der Waals surface area contributed by atoms with Gasteiger partial charge in [-0.05, 0) is 59.6 Å². The molecule has 0 amide bonds. The lowest BCUT2D eigenvalue weighted by Crippen LogP contribution is -2.30. The van der Waals surface area contributed by atoms with E-state index in [1.54, 1.807) is 13.8 Å². The second kappa shape index (κ2) is 7.93. The predicted octanol–water partition coefficient (Wildman–Crippen LogP) is 5.97. The largest absolute Gasteiger partial charge is 0.492 e. The molecule has 0 bridgehead atoms. The molecule has 7 heteroatoms. The third-order valence-corrected chi connectivity index (χ3v) is 6.46. The Balaban J connectivity index is 1.66. The lowest BCUT2D eigenvalue weighted by molar-refractivity contribution is -0.176. The van der Waals surface area contributed by atoms with Crippen molar-refractivity contribution in [1.82, 2.24) is 4.98 Å². The number of aromatic amines is 1. The van der Waals surface area contributed by atoms with Crippen LogP contribution in [0.25, 0.3) is 10.9 Å². The van der Waals surface area contributed by atoms with E-state index in [0.717, 1.165) is 26.6 Å². The van der Waals surface area contributed by atoms with Gasteiger partial charge in [-0.25, -0.2) is 0 Å². The van der Waals surface area contributed by atoms with Crippen molar-refractivity contribution in [2.24, 2.45) is 0 Å². The molecular weight excluding hydrogens is 482 g/mol. The first-order chi connectivity index (χ1) is 14.5. The number of carbonyl (C=O) groups is 1. The smallest absolute Gasteiger partial charge is 0.195 e. The summed E-state index contributed by atoms with van der Waals surface area (Å²) in [6, 6.07) is 9.34. The van der Waals surface area contributed by atoms with Crippen molar-refractivity contribution < 1.29 is 19.4 Å². The number of aliphatic hydroxyl groups is 1. The van der Waals surface area contributed by atoms with E-state index < -0.39 is 11.2 Å². The van der Waals surface area contributed by atoms with E-state index in [1.807, 2.05) is 30.3 Å². The van der Waals surface area contributed by atoms with Gasteiger partial charge >= 0.3 is 0 Å². The summed E-state index contributed by atoms with van der Waals surface area (Å²) in [5, 5.41) is 11.1. The number of ketones is 1. The van der Waals surface area contributed by atoms with Crippen LogP contribution in [-0.4, -0.2) is 34.9 Å². The van der Waals surface area contributed by atoms with Crippen molar-refractivity contribution in [3.8, 4) is 5.75 Å². The number of aromatic nitrogens is 1. The van der Waals surface area contributed by atoms with E-state index in [4.69, 9.17) is 21.1 Å². The Morgan fingerprint density at radius 3 is 2.65 bits per heavy atom. The fourth-order valence-corrected chi connectivity index (χ4v) is 4.71. The van der Waals surface area contributed by atoms with Crippen LogP contribution < -0.4 is 4.74 Å². The quantitative estimate of drug-likeness (QED) is 0.319. The van der Waals surface area contributed by atoms with Crippen molar-refractivity contribution >= 4 is 44.2 Å². The maximum absolute atomic E-state index is 13.5. The summed E-state index contributed by atoms with van der Waals surface area (Å²) in [6.45, 7) is 8.21. The zero-order chi connectivity index (χ0) is 22.6. The lowest BCUT2D eigenvalue weighted by atomic mass is 9.71. The average molecular weight is 507 g/mol. The monoisotopic (exact) mass is 505 g/mol. The number of halogens is 2. The molecule has 3 aromatic rings. The summed E-state index contributed by atoms with van der Waals surface area (Å²) in [7, 11) is 0. The van der Waals surface area contributed by atoms with Crippen LogP contribution in [0.2, 0.25) is 5.02 Å². The molecule has 1 aliphatic carbocycles. The van der Waals surface area contributed by atoms with Crippen LogP contribution in [0.5, 0.6) is 5.75 Å². The van der Waals surface area contributed by atoms with Crippen molar-refractivity contribution in [3.63, 3.8) is 0 Å². The van der Waals surface area contributed by atoms with Crippen LogP contribution in [0.4, 0.5) is 0 Å². The van der Waals surface area contributed by atoms with Crippen LogP contribution in [-0.2, 0) is 10.2 Å². The summed E-state index contributed by atoms with van der Waals surface area (Å²) < 4.78 is 12.0. The average Bonchev–Trinajstić information content (AvgIpc) is 3.05. The molecule has 1 aromatic heterocycles. The van der Waals surface area contributed by atoms with Gasteiger partial charge in [-0.1, -0.05) is 31.5 Å². The van der Waals surface area contributed by atoms with Crippen LogP contribution in [0.3, 0.4) is 0 Å². The molecule has 4 rings (SSSR count). The highest BCUT2D eigenvalue weighted by Gasteiger charge is 2.40. The van der Waals surface area contributed by atoms with Crippen molar-refractivity contribution in [2.45, 2.75) is 45.3 Å². The Kier molecular flexibility index (Phi) is 5.71. The van der Waals surface area contributed by atoms with Gasteiger partial charge in [0.2, 0.25) is 0 Å². The molecule has 0 saturated carbocycles. The molecule has 31 heavy (non-hydrogen) atoms. The molecule has 5 nitrogen and oxygen atoms in total. The fourth-order valence-electron chi connectivity index (χ4n) is 4.08. The van der Waals surface area contributed by atoms with E-state index in [9.17, 15) is 9.90 Å². The fraction of sp³-hybridized carbons (Fsp3) is 0.375. The van der Waals surface area contributed by atoms with Crippen LogP contribution in [0, 0.1) is 0 Å².